The number of halogens is 1. The number of anilines is 1. The smallest absolute Gasteiger partial charge is 0.332 e. The SMILES string of the molecule is COc1cc2c(=O)n(C3CCCCC3)c(=O)n(CC(=O)Nc3ccc(F)cc3)c2cc1OC. The predicted octanol–water partition coefficient (Wildman–Crippen LogP) is 3.46. The largest absolute Gasteiger partial charge is 0.493 e. The van der Waals surface area contributed by atoms with Crippen LogP contribution < -0.4 is 26.0 Å². The number of carbonyl (C=O) groups is 1. The molecule has 0 saturated heterocycles. The first kappa shape index (κ1) is 22.6. The summed E-state index contributed by atoms with van der Waals surface area (Å²) in [5.74, 6) is -0.199. The topological polar surface area (TPSA) is 91.6 Å². The van der Waals surface area contributed by atoms with Crippen LogP contribution in [-0.2, 0) is 11.3 Å². The van der Waals surface area contributed by atoms with E-state index in [1.54, 1.807) is 6.07 Å². The maximum atomic E-state index is 13.5. The van der Waals surface area contributed by atoms with Gasteiger partial charge < -0.3 is 14.8 Å². The minimum absolute atomic E-state index is 0.220. The lowest BCUT2D eigenvalue weighted by molar-refractivity contribution is -0.116. The zero-order valence-electron chi connectivity index (χ0n) is 18.6. The molecular weight excluding hydrogens is 429 g/mol. The zero-order chi connectivity index (χ0) is 23.5. The average molecular weight is 455 g/mol. The summed E-state index contributed by atoms with van der Waals surface area (Å²) in [7, 11) is 2.92. The number of hydrogen-bond acceptors (Lipinski definition) is 5. The van der Waals surface area contributed by atoms with Gasteiger partial charge in [0.25, 0.3) is 5.56 Å². The van der Waals surface area contributed by atoms with Crippen molar-refractivity contribution in [2.24, 2.45) is 0 Å². The highest BCUT2D eigenvalue weighted by atomic mass is 19.1. The van der Waals surface area contributed by atoms with E-state index in [2.05, 4.69) is 5.32 Å². The molecule has 9 heteroatoms. The maximum Gasteiger partial charge on any atom is 0.332 e. The van der Waals surface area contributed by atoms with E-state index in [9.17, 15) is 18.8 Å². The molecule has 8 nitrogen and oxygen atoms in total. The molecule has 1 N–H and O–H groups in total. The molecule has 1 saturated carbocycles. The molecule has 0 spiro atoms. The van der Waals surface area contributed by atoms with Gasteiger partial charge in [0.2, 0.25) is 5.91 Å². The Morgan fingerprint density at radius 1 is 1.03 bits per heavy atom. The first-order chi connectivity index (χ1) is 15.9. The summed E-state index contributed by atoms with van der Waals surface area (Å²) >= 11 is 0. The van der Waals surface area contributed by atoms with Crippen LogP contribution in [-0.4, -0.2) is 29.3 Å². The van der Waals surface area contributed by atoms with Gasteiger partial charge in [0.05, 0.1) is 25.1 Å². The molecule has 1 heterocycles. The fourth-order valence-electron chi connectivity index (χ4n) is 4.40. The second-order valence-electron chi connectivity index (χ2n) is 8.12. The molecule has 1 aliphatic carbocycles. The Balaban J connectivity index is 1.84. The number of carbonyl (C=O) groups excluding carboxylic acids is 1. The van der Waals surface area contributed by atoms with Crippen molar-refractivity contribution < 1.29 is 18.7 Å². The summed E-state index contributed by atoms with van der Waals surface area (Å²) in [6.07, 6.45) is 4.40. The van der Waals surface area contributed by atoms with Crippen molar-refractivity contribution in [3.8, 4) is 11.5 Å². The van der Waals surface area contributed by atoms with Gasteiger partial charge in [-0.15, -0.1) is 0 Å². The summed E-state index contributed by atoms with van der Waals surface area (Å²) < 4.78 is 26.4. The number of methoxy groups -OCH3 is 2. The highest BCUT2D eigenvalue weighted by Gasteiger charge is 2.24. The third-order valence-electron chi connectivity index (χ3n) is 6.05. The maximum absolute atomic E-state index is 13.5. The van der Waals surface area contributed by atoms with Gasteiger partial charge in [-0.2, -0.15) is 0 Å². The van der Waals surface area contributed by atoms with E-state index in [0.717, 1.165) is 32.1 Å². The number of amides is 1. The van der Waals surface area contributed by atoms with E-state index in [1.165, 1.54) is 53.7 Å². The van der Waals surface area contributed by atoms with Crippen molar-refractivity contribution in [1.82, 2.24) is 9.13 Å². The van der Waals surface area contributed by atoms with Crippen LogP contribution in [0.3, 0.4) is 0 Å². The lowest BCUT2D eigenvalue weighted by Gasteiger charge is -2.25. The average Bonchev–Trinajstić information content (AvgIpc) is 2.83. The van der Waals surface area contributed by atoms with Crippen LogP contribution in [0.5, 0.6) is 11.5 Å². The van der Waals surface area contributed by atoms with Crippen LogP contribution in [0, 0.1) is 5.82 Å². The molecular formula is C24H26FN3O5. The highest BCUT2D eigenvalue weighted by Crippen LogP contribution is 2.31. The molecule has 2 aromatic carbocycles. The molecule has 1 fully saturated rings. The Kier molecular flexibility index (Phi) is 6.48. The van der Waals surface area contributed by atoms with Gasteiger partial charge in [0.1, 0.15) is 12.4 Å². The second kappa shape index (κ2) is 9.48. The van der Waals surface area contributed by atoms with Crippen molar-refractivity contribution in [3.05, 3.63) is 63.1 Å². The number of rotatable bonds is 6. The van der Waals surface area contributed by atoms with Gasteiger partial charge in [-0.25, -0.2) is 9.18 Å². The lowest BCUT2D eigenvalue weighted by atomic mass is 9.95. The van der Waals surface area contributed by atoms with Gasteiger partial charge in [-0.3, -0.25) is 18.7 Å². The molecule has 0 atom stereocenters. The molecule has 0 bridgehead atoms. The minimum Gasteiger partial charge on any atom is -0.493 e. The zero-order valence-corrected chi connectivity index (χ0v) is 18.6. The van der Waals surface area contributed by atoms with Crippen LogP contribution in [0.25, 0.3) is 10.9 Å². The van der Waals surface area contributed by atoms with E-state index in [0.29, 0.717) is 17.2 Å². The van der Waals surface area contributed by atoms with Gasteiger partial charge >= 0.3 is 5.69 Å². The Hall–Kier alpha value is -3.62. The van der Waals surface area contributed by atoms with E-state index < -0.39 is 23.0 Å². The number of ether oxygens (including phenoxy) is 2. The number of aromatic nitrogens is 2. The third kappa shape index (κ3) is 4.48. The number of hydrogen-bond donors (Lipinski definition) is 1. The molecule has 33 heavy (non-hydrogen) atoms. The van der Waals surface area contributed by atoms with E-state index in [-0.39, 0.29) is 23.5 Å². The number of benzene rings is 2. The van der Waals surface area contributed by atoms with Crippen LogP contribution >= 0.6 is 0 Å². The second-order valence-corrected chi connectivity index (χ2v) is 8.12. The quantitative estimate of drug-likeness (QED) is 0.615. The Labute approximate surface area is 189 Å². The molecule has 1 aliphatic rings. The van der Waals surface area contributed by atoms with Crippen molar-refractivity contribution in [2.75, 3.05) is 19.5 Å². The summed E-state index contributed by atoms with van der Waals surface area (Å²) in [5, 5.41) is 2.94. The minimum atomic E-state index is -0.541. The molecule has 0 unspecified atom stereocenters. The van der Waals surface area contributed by atoms with E-state index in [4.69, 9.17) is 9.47 Å². The first-order valence-electron chi connectivity index (χ1n) is 10.9. The summed E-state index contributed by atoms with van der Waals surface area (Å²) in [6, 6.07) is 8.20. The molecule has 3 aromatic rings. The van der Waals surface area contributed by atoms with Crippen molar-refractivity contribution in [2.45, 2.75) is 44.7 Å². The van der Waals surface area contributed by atoms with Gasteiger partial charge in [-0.05, 0) is 43.2 Å². The van der Waals surface area contributed by atoms with Crippen molar-refractivity contribution >= 4 is 22.5 Å². The van der Waals surface area contributed by atoms with Crippen LogP contribution in [0.1, 0.15) is 38.1 Å². The number of nitrogens with one attached hydrogen (secondary N) is 1. The van der Waals surface area contributed by atoms with Gasteiger partial charge in [0.15, 0.2) is 11.5 Å². The normalized spacial score (nSPS) is 14.3. The summed E-state index contributed by atoms with van der Waals surface area (Å²) in [4.78, 5) is 39.7. The predicted molar refractivity (Wildman–Crippen MR) is 123 cm³/mol. The third-order valence-corrected chi connectivity index (χ3v) is 6.05. The van der Waals surface area contributed by atoms with Crippen LogP contribution in [0.15, 0.2) is 46.0 Å². The van der Waals surface area contributed by atoms with Crippen molar-refractivity contribution in [3.63, 3.8) is 0 Å². The Bertz CT molecular complexity index is 1290. The standard InChI is InChI=1S/C24H26FN3O5/c1-32-20-12-18-19(13-21(20)33-2)27(14-22(29)26-16-10-8-15(25)9-11-16)24(31)28(23(18)30)17-6-4-3-5-7-17/h8-13,17H,3-7,14H2,1-2H3,(H,26,29). The van der Waals surface area contributed by atoms with E-state index >= 15 is 0 Å². The van der Waals surface area contributed by atoms with Crippen LogP contribution in [0.4, 0.5) is 10.1 Å². The summed E-state index contributed by atoms with van der Waals surface area (Å²) in [6.45, 7) is -0.324. The van der Waals surface area contributed by atoms with E-state index in [1.807, 2.05) is 0 Å². The fourth-order valence-corrected chi connectivity index (χ4v) is 4.40. The Morgan fingerprint density at radius 3 is 2.30 bits per heavy atom. The number of nitrogens with zero attached hydrogens (tertiary/aromatic N) is 2. The summed E-state index contributed by atoms with van der Waals surface area (Å²) in [5.41, 5.74) is -0.263. The van der Waals surface area contributed by atoms with Crippen LogP contribution in [0.2, 0.25) is 0 Å². The molecule has 0 aliphatic heterocycles. The van der Waals surface area contributed by atoms with Crippen molar-refractivity contribution in [1.29, 1.82) is 0 Å². The van der Waals surface area contributed by atoms with Gasteiger partial charge in [0, 0.05) is 17.8 Å². The first-order valence-corrected chi connectivity index (χ1v) is 10.9. The highest BCUT2D eigenvalue weighted by molar-refractivity contribution is 5.92. The molecule has 1 amide bonds. The Morgan fingerprint density at radius 2 is 1.67 bits per heavy atom. The van der Waals surface area contributed by atoms with Gasteiger partial charge in [-0.1, -0.05) is 19.3 Å². The molecule has 4 rings (SSSR count). The lowest BCUT2D eigenvalue weighted by Crippen LogP contribution is -2.44. The monoisotopic (exact) mass is 455 g/mol. The molecule has 0 radical (unpaired) electrons. The fraction of sp³-hybridized carbons (Fsp3) is 0.375. The molecule has 1 aromatic heterocycles. The number of fused-ring (bicyclic) bond motifs is 1. The molecule has 174 valence electrons.